The van der Waals surface area contributed by atoms with Crippen molar-refractivity contribution in [1.82, 2.24) is 34.9 Å². The summed E-state index contributed by atoms with van der Waals surface area (Å²) in [5.41, 5.74) is -0.0273. The van der Waals surface area contributed by atoms with E-state index >= 15 is 0 Å². The number of carbonyl (C=O) groups is 1. The number of benzene rings is 1. The number of rotatable bonds is 8. The monoisotopic (exact) mass is 653 g/mol. The number of nitrogens with zero attached hydrogens (tertiary/aromatic N) is 8. The molecule has 0 spiro atoms. The first-order chi connectivity index (χ1) is 22.5. The minimum absolute atomic E-state index is 0.0565. The van der Waals surface area contributed by atoms with Crippen LogP contribution in [-0.4, -0.2) is 80.1 Å². The van der Waals surface area contributed by atoms with Gasteiger partial charge in [0.05, 0.1) is 25.0 Å². The van der Waals surface area contributed by atoms with Crippen molar-refractivity contribution in [3.05, 3.63) is 65.8 Å². The van der Waals surface area contributed by atoms with Crippen LogP contribution >= 0.6 is 0 Å². The Morgan fingerprint density at radius 2 is 1.68 bits per heavy atom. The molecule has 0 saturated carbocycles. The Morgan fingerprint density at radius 1 is 0.957 bits per heavy atom. The molecule has 2 aliphatic rings. The number of anilines is 2. The van der Waals surface area contributed by atoms with Gasteiger partial charge in [0, 0.05) is 50.7 Å². The maximum absolute atomic E-state index is 14.8. The van der Waals surface area contributed by atoms with E-state index in [9.17, 15) is 18.0 Å². The molecule has 6 rings (SSSR count). The van der Waals surface area contributed by atoms with E-state index in [0.29, 0.717) is 30.3 Å². The molecule has 47 heavy (non-hydrogen) atoms. The lowest BCUT2D eigenvalue weighted by atomic mass is 9.93. The van der Waals surface area contributed by atoms with E-state index in [4.69, 9.17) is 9.47 Å². The predicted molar refractivity (Wildman–Crippen MR) is 167 cm³/mol. The van der Waals surface area contributed by atoms with Crippen LogP contribution in [0.15, 0.2) is 36.9 Å². The summed E-state index contributed by atoms with van der Waals surface area (Å²) < 4.78 is 56.0. The van der Waals surface area contributed by atoms with Gasteiger partial charge >= 0.3 is 6.09 Å². The topological polar surface area (TPSA) is 123 Å². The lowest BCUT2D eigenvalue weighted by Crippen LogP contribution is -2.43. The molecule has 0 radical (unpaired) electrons. The Hall–Kier alpha value is -4.69. The maximum Gasteiger partial charge on any atom is 0.407 e. The van der Waals surface area contributed by atoms with Gasteiger partial charge in [-0.15, -0.1) is 10.2 Å². The van der Waals surface area contributed by atoms with Crippen molar-refractivity contribution >= 4 is 23.5 Å². The third-order valence-corrected chi connectivity index (χ3v) is 8.46. The van der Waals surface area contributed by atoms with Gasteiger partial charge in [0.1, 0.15) is 29.4 Å². The highest BCUT2D eigenvalue weighted by atomic mass is 19.2. The summed E-state index contributed by atoms with van der Waals surface area (Å²) >= 11 is 0. The lowest BCUT2D eigenvalue weighted by molar-refractivity contribution is 0.0504. The fourth-order valence-corrected chi connectivity index (χ4v) is 6.04. The number of carbonyl (C=O) groups excluding carboxylic acids is 1. The largest absolute Gasteiger partial charge is 0.490 e. The average Bonchev–Trinajstić information content (AvgIpc) is 3.65. The molecule has 4 aromatic rings. The summed E-state index contributed by atoms with van der Waals surface area (Å²) in [5, 5.41) is 11.2. The second-order valence-corrected chi connectivity index (χ2v) is 13.0. The van der Waals surface area contributed by atoms with Gasteiger partial charge < -0.3 is 24.6 Å². The fraction of sp³-hybridized carbons (Fsp3) is 0.500. The molecule has 2 saturated heterocycles. The Bertz CT molecular complexity index is 1720. The summed E-state index contributed by atoms with van der Waals surface area (Å²) in [6.45, 7) is 9.75. The molecular weight excluding hydrogens is 615 g/mol. The van der Waals surface area contributed by atoms with Gasteiger partial charge in [-0.05, 0) is 51.2 Å². The van der Waals surface area contributed by atoms with E-state index in [-0.39, 0.29) is 18.7 Å². The molecular formula is C32H38F3N9O3. The first-order valence-electron chi connectivity index (χ1n) is 15.8. The van der Waals surface area contributed by atoms with E-state index in [1.54, 1.807) is 44.4 Å². The van der Waals surface area contributed by atoms with Crippen molar-refractivity contribution in [2.75, 3.05) is 42.6 Å². The zero-order valence-corrected chi connectivity index (χ0v) is 26.8. The number of hydrogen-bond acceptors (Lipinski definition) is 10. The molecule has 3 aromatic heterocycles. The van der Waals surface area contributed by atoms with E-state index < -0.39 is 41.1 Å². The molecule has 0 bridgehead atoms. The number of piperidine rings is 1. The van der Waals surface area contributed by atoms with Gasteiger partial charge in [-0.25, -0.2) is 32.9 Å². The van der Waals surface area contributed by atoms with Crippen LogP contribution in [0.4, 0.5) is 29.7 Å². The molecule has 1 aromatic carbocycles. The molecule has 0 unspecified atom stereocenters. The van der Waals surface area contributed by atoms with E-state index in [1.165, 1.54) is 0 Å². The molecule has 1 amide bonds. The number of halogens is 3. The maximum atomic E-state index is 14.8. The van der Waals surface area contributed by atoms with Crippen LogP contribution in [0.2, 0.25) is 0 Å². The highest BCUT2D eigenvalue weighted by Crippen LogP contribution is 2.33. The molecule has 2 fully saturated rings. The number of nitrogens with one attached hydrogen (secondary N) is 1. The Morgan fingerprint density at radius 3 is 2.38 bits per heavy atom. The number of hydrogen-bond donors (Lipinski definition) is 1. The number of aromatic nitrogens is 6. The van der Waals surface area contributed by atoms with Crippen LogP contribution in [0.3, 0.4) is 0 Å². The van der Waals surface area contributed by atoms with E-state index in [2.05, 4.69) is 35.4 Å². The van der Waals surface area contributed by atoms with Gasteiger partial charge in [-0.3, -0.25) is 4.40 Å². The highest BCUT2D eigenvalue weighted by Gasteiger charge is 2.39. The summed E-state index contributed by atoms with van der Waals surface area (Å²) in [4.78, 5) is 30.1. The highest BCUT2D eigenvalue weighted by molar-refractivity contribution is 5.68. The van der Waals surface area contributed by atoms with Crippen molar-refractivity contribution in [3.8, 4) is 5.75 Å². The lowest BCUT2D eigenvalue weighted by Gasteiger charge is -2.32. The molecule has 250 valence electrons. The molecule has 5 heterocycles. The van der Waals surface area contributed by atoms with Gasteiger partial charge in [0.15, 0.2) is 23.0 Å². The van der Waals surface area contributed by atoms with Crippen molar-refractivity contribution in [1.29, 1.82) is 0 Å². The Balaban J connectivity index is 1.06. The minimum atomic E-state index is -1.28. The van der Waals surface area contributed by atoms with Crippen LogP contribution in [0.25, 0.3) is 5.65 Å². The van der Waals surface area contributed by atoms with Crippen LogP contribution in [-0.2, 0) is 11.2 Å². The fourth-order valence-electron chi connectivity index (χ4n) is 6.04. The second kappa shape index (κ2) is 13.2. The van der Waals surface area contributed by atoms with E-state index in [0.717, 1.165) is 55.7 Å². The molecule has 1 N–H and O–H groups in total. The van der Waals surface area contributed by atoms with Crippen LogP contribution < -0.4 is 19.9 Å². The first-order valence-corrected chi connectivity index (χ1v) is 15.8. The number of ether oxygens (including phenoxy) is 2. The van der Waals surface area contributed by atoms with Crippen LogP contribution in [0.5, 0.6) is 5.75 Å². The molecule has 0 aliphatic carbocycles. The number of fused-ring (bicyclic) bond motifs is 1. The third kappa shape index (κ3) is 7.33. The average molecular weight is 654 g/mol. The van der Waals surface area contributed by atoms with Crippen molar-refractivity contribution in [2.24, 2.45) is 5.92 Å². The summed E-state index contributed by atoms with van der Waals surface area (Å²) in [5.74, 6) is -1.12. The smallest absolute Gasteiger partial charge is 0.407 e. The zero-order valence-electron chi connectivity index (χ0n) is 26.8. The molecule has 2 aliphatic heterocycles. The number of alkyl carbamates (subject to hydrolysis) is 1. The first kappa shape index (κ1) is 32.3. The van der Waals surface area contributed by atoms with E-state index in [1.807, 2.05) is 17.4 Å². The third-order valence-electron chi connectivity index (χ3n) is 8.46. The quantitative estimate of drug-likeness (QED) is 0.268. The normalized spacial score (nSPS) is 19.0. The van der Waals surface area contributed by atoms with Gasteiger partial charge in [0.2, 0.25) is 5.95 Å². The number of amides is 1. The molecule has 15 heteroatoms. The zero-order chi connectivity index (χ0) is 33.3. The SMILES string of the molecule is CCc1nnc2cc(N3CCC(COc4cnc(N5C[C@H](NC(=O)OC(C)(C)C)[C@@H](c6cc(F)c(F)cc6F)C5)nc4)CC3)ncn12. The minimum Gasteiger partial charge on any atom is -0.490 e. The van der Waals surface area contributed by atoms with Crippen LogP contribution in [0, 0.1) is 23.4 Å². The molecule has 12 nitrogen and oxygen atoms in total. The van der Waals surface area contributed by atoms with Crippen molar-refractivity contribution < 1.29 is 27.4 Å². The summed E-state index contributed by atoms with van der Waals surface area (Å²) in [7, 11) is 0. The predicted octanol–water partition coefficient (Wildman–Crippen LogP) is 4.69. The Labute approximate surface area is 270 Å². The molecule has 2 atom stereocenters. The Kier molecular flexibility index (Phi) is 9.06. The van der Waals surface area contributed by atoms with Crippen molar-refractivity contribution in [2.45, 2.75) is 64.5 Å². The van der Waals surface area contributed by atoms with Crippen LogP contribution in [0.1, 0.15) is 57.8 Å². The van der Waals surface area contributed by atoms with Gasteiger partial charge in [0.25, 0.3) is 0 Å². The number of aryl methyl sites for hydroxylation is 1. The van der Waals surface area contributed by atoms with Gasteiger partial charge in [-0.2, -0.15) is 0 Å². The van der Waals surface area contributed by atoms with Gasteiger partial charge in [-0.1, -0.05) is 6.92 Å². The summed E-state index contributed by atoms with van der Waals surface area (Å²) in [6, 6.07) is 2.63. The summed E-state index contributed by atoms with van der Waals surface area (Å²) in [6.07, 6.45) is 6.87. The standard InChI is InChI=1S/C32H38F3N9O3/c1-5-27-40-41-29-12-28(38-18-44(27)29)42-8-6-19(7-9-42)17-46-20-13-36-30(37-14-20)43-15-22(21-10-24(34)25(35)11-23(21)33)26(16-43)39-31(45)47-32(2,3)4/h10-14,18-19,22,26H,5-9,15-17H2,1-4H3,(H,39,45)/t22-,26+/m1/s1. The van der Waals surface area contributed by atoms with Crippen molar-refractivity contribution in [3.63, 3.8) is 0 Å². The second-order valence-electron chi connectivity index (χ2n) is 13.0.